The molecule has 2 aromatic carbocycles. The summed E-state index contributed by atoms with van der Waals surface area (Å²) < 4.78 is 0. The van der Waals surface area contributed by atoms with E-state index in [0.29, 0.717) is 19.5 Å². The second kappa shape index (κ2) is 10.3. The van der Waals surface area contributed by atoms with Gasteiger partial charge in [0, 0.05) is 69.6 Å². The van der Waals surface area contributed by atoms with Crippen LogP contribution >= 0.6 is 0 Å². The Balaban J connectivity index is 1.32. The Labute approximate surface area is 211 Å². The molecule has 0 spiro atoms. The van der Waals surface area contributed by atoms with Crippen LogP contribution in [0.2, 0.25) is 0 Å². The summed E-state index contributed by atoms with van der Waals surface area (Å²) in [6.45, 7) is 2.90. The molecular weight excluding hydrogens is 452 g/mol. The average Bonchev–Trinajstić information content (AvgIpc) is 3.18. The van der Waals surface area contributed by atoms with Crippen molar-refractivity contribution >= 4 is 23.4 Å². The number of imide groups is 1. The van der Waals surface area contributed by atoms with Crippen molar-refractivity contribution in [2.75, 3.05) is 37.6 Å². The van der Waals surface area contributed by atoms with Crippen LogP contribution in [0.3, 0.4) is 0 Å². The van der Waals surface area contributed by atoms with Gasteiger partial charge in [-0.2, -0.15) is 0 Å². The summed E-state index contributed by atoms with van der Waals surface area (Å²) in [5.74, 6) is -0.605. The van der Waals surface area contributed by atoms with E-state index in [4.69, 9.17) is 0 Å². The lowest BCUT2D eigenvalue weighted by Gasteiger charge is -2.37. The minimum atomic E-state index is -1.17. The quantitative estimate of drug-likeness (QED) is 0.484. The Morgan fingerprint density at radius 2 is 1.50 bits per heavy atom. The van der Waals surface area contributed by atoms with E-state index in [-0.39, 0.29) is 37.1 Å². The molecule has 0 aliphatic carbocycles. The number of likely N-dealkylation sites (tertiary alicyclic amines) is 1. The number of rotatable bonds is 7. The Morgan fingerprint density at radius 3 is 2.17 bits per heavy atom. The van der Waals surface area contributed by atoms with Gasteiger partial charge < -0.3 is 9.80 Å². The molecule has 2 fully saturated rings. The molecule has 2 saturated heterocycles. The number of para-hydroxylation sites is 1. The molecule has 0 saturated carbocycles. The van der Waals surface area contributed by atoms with Crippen molar-refractivity contribution in [3.05, 3.63) is 96.3 Å². The number of piperazine rings is 1. The SMILES string of the molecule is O=C(C[C@@]1(c2ccccc2)CC(=O)N(CCc2ccccn2)C1=O)N1CCN(c2ccccc2)CC1. The second-order valence-corrected chi connectivity index (χ2v) is 9.43. The number of carbonyl (C=O) groups excluding carboxylic acids is 3. The van der Waals surface area contributed by atoms with E-state index >= 15 is 0 Å². The first-order valence-electron chi connectivity index (χ1n) is 12.4. The first-order chi connectivity index (χ1) is 17.6. The zero-order chi connectivity index (χ0) is 25.0. The number of benzene rings is 2. The van der Waals surface area contributed by atoms with Gasteiger partial charge in [0.1, 0.15) is 0 Å². The molecule has 1 atom stereocenters. The number of aromatic nitrogens is 1. The molecule has 1 aromatic heterocycles. The molecule has 3 heterocycles. The van der Waals surface area contributed by atoms with Gasteiger partial charge in [-0.15, -0.1) is 0 Å². The summed E-state index contributed by atoms with van der Waals surface area (Å²) in [5.41, 5.74) is 1.52. The van der Waals surface area contributed by atoms with Gasteiger partial charge in [0.25, 0.3) is 0 Å². The molecule has 0 bridgehead atoms. The van der Waals surface area contributed by atoms with Crippen LogP contribution in [0.4, 0.5) is 5.69 Å². The van der Waals surface area contributed by atoms with Gasteiger partial charge in [0.05, 0.1) is 5.41 Å². The van der Waals surface area contributed by atoms with Crippen LogP contribution in [-0.4, -0.2) is 65.2 Å². The van der Waals surface area contributed by atoms with Gasteiger partial charge in [-0.05, 0) is 29.8 Å². The van der Waals surface area contributed by atoms with E-state index in [9.17, 15) is 14.4 Å². The molecule has 0 N–H and O–H groups in total. The molecule has 0 unspecified atom stereocenters. The maximum absolute atomic E-state index is 13.8. The Morgan fingerprint density at radius 1 is 0.833 bits per heavy atom. The van der Waals surface area contributed by atoms with E-state index in [1.54, 1.807) is 6.20 Å². The van der Waals surface area contributed by atoms with Gasteiger partial charge in [-0.1, -0.05) is 54.6 Å². The summed E-state index contributed by atoms with van der Waals surface area (Å²) >= 11 is 0. The maximum Gasteiger partial charge on any atom is 0.240 e. The fraction of sp³-hybridized carbons (Fsp3) is 0.310. The summed E-state index contributed by atoms with van der Waals surface area (Å²) in [6.07, 6.45) is 2.19. The molecule has 2 aliphatic rings. The third kappa shape index (κ3) is 4.73. The van der Waals surface area contributed by atoms with Crippen LogP contribution in [-0.2, 0) is 26.2 Å². The fourth-order valence-electron chi connectivity index (χ4n) is 5.25. The predicted octanol–water partition coefficient (Wildman–Crippen LogP) is 3.06. The van der Waals surface area contributed by atoms with Crippen molar-refractivity contribution in [3.8, 4) is 0 Å². The largest absolute Gasteiger partial charge is 0.368 e. The summed E-state index contributed by atoms with van der Waals surface area (Å²) in [6, 6.07) is 25.1. The number of anilines is 1. The molecule has 2 aliphatic heterocycles. The highest BCUT2D eigenvalue weighted by Gasteiger charge is 2.54. The van der Waals surface area contributed by atoms with E-state index in [2.05, 4.69) is 22.0 Å². The molecule has 7 nitrogen and oxygen atoms in total. The highest BCUT2D eigenvalue weighted by atomic mass is 16.2. The number of nitrogens with zero attached hydrogens (tertiary/aromatic N) is 4. The van der Waals surface area contributed by atoms with Crippen LogP contribution in [0, 0.1) is 0 Å². The van der Waals surface area contributed by atoms with Crippen LogP contribution in [0.15, 0.2) is 85.1 Å². The monoisotopic (exact) mass is 482 g/mol. The molecule has 36 heavy (non-hydrogen) atoms. The van der Waals surface area contributed by atoms with Crippen molar-refractivity contribution in [3.63, 3.8) is 0 Å². The minimum absolute atomic E-state index is 0.00693. The van der Waals surface area contributed by atoms with Crippen molar-refractivity contribution in [2.45, 2.75) is 24.7 Å². The summed E-state index contributed by atoms with van der Waals surface area (Å²) in [7, 11) is 0. The van der Waals surface area contributed by atoms with Crippen molar-refractivity contribution in [1.29, 1.82) is 0 Å². The lowest BCUT2D eigenvalue weighted by atomic mass is 9.75. The fourth-order valence-corrected chi connectivity index (χ4v) is 5.25. The minimum Gasteiger partial charge on any atom is -0.368 e. The van der Waals surface area contributed by atoms with Gasteiger partial charge in [-0.25, -0.2) is 0 Å². The third-order valence-corrected chi connectivity index (χ3v) is 7.26. The zero-order valence-corrected chi connectivity index (χ0v) is 20.3. The Bertz CT molecular complexity index is 1210. The van der Waals surface area contributed by atoms with Gasteiger partial charge in [0.2, 0.25) is 17.7 Å². The molecule has 184 valence electrons. The van der Waals surface area contributed by atoms with E-state index < -0.39 is 5.41 Å². The molecule has 7 heteroatoms. The van der Waals surface area contributed by atoms with Gasteiger partial charge >= 0.3 is 0 Å². The highest BCUT2D eigenvalue weighted by molar-refractivity contribution is 6.10. The van der Waals surface area contributed by atoms with E-state index in [0.717, 1.165) is 30.0 Å². The Kier molecular flexibility index (Phi) is 6.80. The third-order valence-electron chi connectivity index (χ3n) is 7.26. The van der Waals surface area contributed by atoms with E-state index in [1.807, 2.05) is 71.6 Å². The van der Waals surface area contributed by atoms with Crippen molar-refractivity contribution in [1.82, 2.24) is 14.8 Å². The summed E-state index contributed by atoms with van der Waals surface area (Å²) in [4.78, 5) is 50.2. The number of hydrogen-bond donors (Lipinski definition) is 0. The lowest BCUT2D eigenvalue weighted by Crippen LogP contribution is -2.51. The second-order valence-electron chi connectivity index (χ2n) is 9.43. The Hall–Kier alpha value is -4.00. The molecular formula is C29H30N4O3. The number of pyridine rings is 1. The molecule has 3 amide bonds. The topological polar surface area (TPSA) is 73.8 Å². The summed E-state index contributed by atoms with van der Waals surface area (Å²) in [5, 5.41) is 0. The van der Waals surface area contributed by atoms with Crippen LogP contribution < -0.4 is 4.90 Å². The van der Waals surface area contributed by atoms with Gasteiger partial charge in [0.15, 0.2) is 0 Å². The average molecular weight is 483 g/mol. The van der Waals surface area contributed by atoms with Crippen molar-refractivity contribution in [2.24, 2.45) is 0 Å². The normalized spacial score (nSPS) is 20.2. The van der Waals surface area contributed by atoms with Crippen LogP contribution in [0.1, 0.15) is 24.1 Å². The van der Waals surface area contributed by atoms with Crippen LogP contribution in [0.25, 0.3) is 0 Å². The lowest BCUT2D eigenvalue weighted by molar-refractivity contribution is -0.142. The van der Waals surface area contributed by atoms with Crippen LogP contribution in [0.5, 0.6) is 0 Å². The number of carbonyl (C=O) groups is 3. The highest BCUT2D eigenvalue weighted by Crippen LogP contribution is 2.40. The number of hydrogen-bond acceptors (Lipinski definition) is 5. The maximum atomic E-state index is 13.8. The predicted molar refractivity (Wildman–Crippen MR) is 137 cm³/mol. The molecule has 3 aromatic rings. The molecule has 5 rings (SSSR count). The van der Waals surface area contributed by atoms with E-state index in [1.165, 1.54) is 4.90 Å². The van der Waals surface area contributed by atoms with Gasteiger partial charge in [-0.3, -0.25) is 24.3 Å². The first-order valence-corrected chi connectivity index (χ1v) is 12.4. The number of amides is 3. The first kappa shape index (κ1) is 23.7. The van der Waals surface area contributed by atoms with Crippen molar-refractivity contribution < 1.29 is 14.4 Å². The zero-order valence-electron chi connectivity index (χ0n) is 20.3. The standard InChI is InChI=1S/C29H30N4O3/c34-26(32-19-17-31(18-20-32)25-12-5-2-6-13-25)21-29(23-9-3-1-4-10-23)22-27(35)33(28(29)36)16-14-24-11-7-8-15-30-24/h1-13,15H,14,16-22H2/t29-/m0/s1. The molecule has 0 radical (unpaired) electrons. The smallest absolute Gasteiger partial charge is 0.240 e.